The molecule has 0 aromatic heterocycles. The Morgan fingerprint density at radius 3 is 2.31 bits per heavy atom. The first-order valence-electron chi connectivity index (χ1n) is 10.3. The summed E-state index contributed by atoms with van der Waals surface area (Å²) in [7, 11) is 6.29. The Hall–Kier alpha value is -3.62. The molecule has 2 aromatic carbocycles. The minimum Gasteiger partial charge on any atom is -0.497 e. The highest BCUT2D eigenvalue weighted by molar-refractivity contribution is 5.97. The number of urea groups is 1. The molecule has 1 fully saturated rings. The van der Waals surface area contributed by atoms with Crippen LogP contribution in [-0.2, 0) is 11.2 Å². The molecule has 0 spiro atoms. The molecule has 1 aliphatic rings. The zero-order chi connectivity index (χ0) is 23.1. The van der Waals surface area contributed by atoms with Gasteiger partial charge in [0.25, 0.3) is 0 Å². The van der Waals surface area contributed by atoms with Crippen molar-refractivity contribution in [1.82, 2.24) is 10.2 Å². The number of rotatable bonds is 10. The van der Waals surface area contributed by atoms with E-state index in [1.54, 1.807) is 51.5 Å². The van der Waals surface area contributed by atoms with E-state index in [2.05, 4.69) is 5.32 Å². The molecule has 9 heteroatoms. The van der Waals surface area contributed by atoms with Crippen molar-refractivity contribution in [3.8, 4) is 23.0 Å². The monoisotopic (exact) mass is 443 g/mol. The summed E-state index contributed by atoms with van der Waals surface area (Å²) in [4.78, 5) is 28.4. The number of nitrogens with zero attached hydrogens (tertiary/aromatic N) is 2. The lowest BCUT2D eigenvalue weighted by Crippen LogP contribution is -2.40. The predicted octanol–water partition coefficient (Wildman–Crippen LogP) is 2.32. The van der Waals surface area contributed by atoms with Crippen molar-refractivity contribution in [1.29, 1.82) is 0 Å². The number of benzene rings is 2. The van der Waals surface area contributed by atoms with E-state index >= 15 is 0 Å². The summed E-state index contributed by atoms with van der Waals surface area (Å²) in [6.07, 6.45) is 0.632. The molecule has 9 nitrogen and oxygen atoms in total. The molecule has 172 valence electrons. The molecule has 0 atom stereocenters. The van der Waals surface area contributed by atoms with E-state index in [0.29, 0.717) is 54.7 Å². The van der Waals surface area contributed by atoms with Gasteiger partial charge in [-0.05, 0) is 36.2 Å². The summed E-state index contributed by atoms with van der Waals surface area (Å²) in [5, 5.41) is 2.87. The lowest BCUT2D eigenvalue weighted by atomic mass is 10.1. The van der Waals surface area contributed by atoms with Gasteiger partial charge >= 0.3 is 6.03 Å². The SMILES string of the molecule is COc1ccc(OC)c(N2CCN(CC(=O)NCCc3ccc(OC)c(OC)c3)C2=O)c1. The Balaban J connectivity index is 1.54. The van der Waals surface area contributed by atoms with Gasteiger partial charge in [-0.1, -0.05) is 6.07 Å². The third-order valence-corrected chi connectivity index (χ3v) is 5.29. The lowest BCUT2D eigenvalue weighted by Gasteiger charge is -2.21. The number of hydrogen-bond donors (Lipinski definition) is 1. The Bertz CT molecular complexity index is 965. The van der Waals surface area contributed by atoms with E-state index in [0.717, 1.165) is 5.56 Å². The van der Waals surface area contributed by atoms with Crippen molar-refractivity contribution >= 4 is 17.6 Å². The van der Waals surface area contributed by atoms with Gasteiger partial charge in [0, 0.05) is 25.7 Å². The summed E-state index contributed by atoms with van der Waals surface area (Å²) < 4.78 is 21.2. The highest BCUT2D eigenvalue weighted by atomic mass is 16.5. The van der Waals surface area contributed by atoms with Crippen LogP contribution in [0.3, 0.4) is 0 Å². The van der Waals surface area contributed by atoms with E-state index < -0.39 is 0 Å². The van der Waals surface area contributed by atoms with E-state index in [4.69, 9.17) is 18.9 Å². The second-order valence-corrected chi connectivity index (χ2v) is 7.18. The zero-order valence-electron chi connectivity index (χ0n) is 18.8. The highest BCUT2D eigenvalue weighted by Gasteiger charge is 2.32. The van der Waals surface area contributed by atoms with Crippen molar-refractivity contribution in [3.05, 3.63) is 42.0 Å². The Kier molecular flexibility index (Phi) is 7.64. The van der Waals surface area contributed by atoms with Crippen molar-refractivity contribution in [2.24, 2.45) is 0 Å². The normalized spacial score (nSPS) is 13.2. The molecule has 1 aliphatic heterocycles. The molecule has 3 rings (SSSR count). The zero-order valence-corrected chi connectivity index (χ0v) is 18.8. The smallest absolute Gasteiger partial charge is 0.325 e. The average Bonchev–Trinajstić information content (AvgIpc) is 3.17. The fourth-order valence-electron chi connectivity index (χ4n) is 3.57. The standard InChI is InChI=1S/C23H29N3O6/c1-29-17-6-8-19(30-2)18(14-17)26-12-11-25(23(26)28)15-22(27)24-10-9-16-5-7-20(31-3)21(13-16)32-4/h5-8,13-14H,9-12,15H2,1-4H3,(H,24,27). The number of carbonyl (C=O) groups is 2. The summed E-state index contributed by atoms with van der Waals surface area (Å²) in [6.45, 7) is 1.35. The molecule has 0 bridgehead atoms. The van der Waals surface area contributed by atoms with Crippen molar-refractivity contribution in [2.45, 2.75) is 6.42 Å². The molecular weight excluding hydrogens is 414 g/mol. The third-order valence-electron chi connectivity index (χ3n) is 5.29. The largest absolute Gasteiger partial charge is 0.497 e. The number of hydrogen-bond acceptors (Lipinski definition) is 6. The first kappa shape index (κ1) is 23.1. The first-order chi connectivity index (χ1) is 15.5. The summed E-state index contributed by atoms with van der Waals surface area (Å²) in [5.74, 6) is 2.29. The van der Waals surface area contributed by atoms with Crippen molar-refractivity contribution < 1.29 is 28.5 Å². The van der Waals surface area contributed by atoms with Gasteiger partial charge in [-0.25, -0.2) is 4.79 Å². The van der Waals surface area contributed by atoms with E-state index in [-0.39, 0.29) is 18.5 Å². The number of ether oxygens (including phenoxy) is 4. The van der Waals surface area contributed by atoms with Crippen molar-refractivity contribution in [3.63, 3.8) is 0 Å². The van der Waals surface area contributed by atoms with Gasteiger partial charge in [0.15, 0.2) is 11.5 Å². The number of methoxy groups -OCH3 is 4. The van der Waals surface area contributed by atoms with Gasteiger partial charge in [0.2, 0.25) is 5.91 Å². The van der Waals surface area contributed by atoms with E-state index in [9.17, 15) is 9.59 Å². The van der Waals surface area contributed by atoms with Crippen LogP contribution >= 0.6 is 0 Å². The minimum absolute atomic E-state index is 0.00640. The Morgan fingerprint density at radius 2 is 1.62 bits per heavy atom. The molecule has 0 saturated carbocycles. The number of amides is 3. The summed E-state index contributed by atoms with van der Waals surface area (Å²) in [6, 6.07) is 10.7. The molecular formula is C23H29N3O6. The molecule has 1 saturated heterocycles. The maximum Gasteiger partial charge on any atom is 0.325 e. The highest BCUT2D eigenvalue weighted by Crippen LogP contribution is 2.34. The topological polar surface area (TPSA) is 89.6 Å². The van der Waals surface area contributed by atoms with Gasteiger partial charge in [-0.3, -0.25) is 9.69 Å². The van der Waals surface area contributed by atoms with Crippen LogP contribution in [0.1, 0.15) is 5.56 Å². The van der Waals surface area contributed by atoms with Gasteiger partial charge < -0.3 is 29.2 Å². The quantitative estimate of drug-likeness (QED) is 0.606. The second-order valence-electron chi connectivity index (χ2n) is 7.18. The number of anilines is 1. The number of carbonyl (C=O) groups excluding carboxylic acids is 2. The van der Waals surface area contributed by atoms with Crippen LogP contribution < -0.4 is 29.2 Å². The Labute approximate surface area is 187 Å². The molecule has 1 N–H and O–H groups in total. The predicted molar refractivity (Wildman–Crippen MR) is 120 cm³/mol. The van der Waals surface area contributed by atoms with E-state index in [1.165, 1.54) is 4.90 Å². The molecule has 32 heavy (non-hydrogen) atoms. The molecule has 3 amide bonds. The van der Waals surface area contributed by atoms with Crippen molar-refractivity contribution in [2.75, 3.05) is 59.5 Å². The van der Waals surface area contributed by atoms with Gasteiger partial charge in [0.1, 0.15) is 18.0 Å². The minimum atomic E-state index is -0.244. The average molecular weight is 444 g/mol. The molecule has 1 heterocycles. The third kappa shape index (κ3) is 5.16. The fourth-order valence-corrected chi connectivity index (χ4v) is 3.57. The lowest BCUT2D eigenvalue weighted by molar-refractivity contribution is -0.121. The summed E-state index contributed by atoms with van der Waals surface area (Å²) in [5.41, 5.74) is 1.63. The first-order valence-corrected chi connectivity index (χ1v) is 10.3. The molecule has 2 aromatic rings. The summed E-state index contributed by atoms with van der Waals surface area (Å²) >= 11 is 0. The Morgan fingerprint density at radius 1 is 0.906 bits per heavy atom. The van der Waals surface area contributed by atoms with Gasteiger partial charge in [0.05, 0.1) is 34.1 Å². The molecule has 0 unspecified atom stereocenters. The van der Waals surface area contributed by atoms with E-state index in [1.807, 2.05) is 18.2 Å². The van der Waals surface area contributed by atoms with Crippen LogP contribution in [0.25, 0.3) is 0 Å². The maximum absolute atomic E-state index is 12.9. The van der Waals surface area contributed by atoms with Crippen LogP contribution in [0.2, 0.25) is 0 Å². The van der Waals surface area contributed by atoms with Crippen LogP contribution in [0.5, 0.6) is 23.0 Å². The van der Waals surface area contributed by atoms with Crippen LogP contribution in [0.15, 0.2) is 36.4 Å². The molecule has 0 radical (unpaired) electrons. The number of nitrogens with one attached hydrogen (secondary N) is 1. The van der Waals surface area contributed by atoms with Crippen LogP contribution in [0.4, 0.5) is 10.5 Å². The second kappa shape index (κ2) is 10.6. The maximum atomic E-state index is 12.9. The molecule has 0 aliphatic carbocycles. The van der Waals surface area contributed by atoms with Gasteiger partial charge in [-0.2, -0.15) is 0 Å². The fraction of sp³-hybridized carbons (Fsp3) is 0.391. The van der Waals surface area contributed by atoms with Crippen LogP contribution in [-0.4, -0.2) is 71.5 Å². The van der Waals surface area contributed by atoms with Crippen LogP contribution in [0, 0.1) is 0 Å². The van der Waals surface area contributed by atoms with Gasteiger partial charge in [-0.15, -0.1) is 0 Å².